The van der Waals surface area contributed by atoms with Gasteiger partial charge in [0.25, 0.3) is 5.88 Å². The maximum atomic E-state index is 12.1. The summed E-state index contributed by atoms with van der Waals surface area (Å²) in [5.74, 6) is -0.227. The molecule has 1 aromatic rings. The van der Waals surface area contributed by atoms with Crippen molar-refractivity contribution in [3.8, 4) is 11.6 Å². The van der Waals surface area contributed by atoms with Gasteiger partial charge < -0.3 is 9.47 Å². The molecule has 0 fully saturated rings. The van der Waals surface area contributed by atoms with Gasteiger partial charge in [-0.15, -0.1) is 0 Å². The number of rotatable bonds is 6. The van der Waals surface area contributed by atoms with E-state index in [4.69, 9.17) is 16.3 Å². The molecule has 0 saturated heterocycles. The van der Waals surface area contributed by atoms with E-state index in [9.17, 15) is 13.2 Å². The molecule has 114 valence electrons. The fraction of sp³-hybridized carbons (Fsp3) is 0.636. The van der Waals surface area contributed by atoms with E-state index in [0.717, 1.165) is 12.2 Å². The summed E-state index contributed by atoms with van der Waals surface area (Å²) in [6.45, 7) is 5.40. The molecule has 9 heteroatoms. The second-order valence-electron chi connectivity index (χ2n) is 5.37. The molecule has 20 heavy (non-hydrogen) atoms. The third-order valence-electron chi connectivity index (χ3n) is 2.18. The zero-order valence-corrected chi connectivity index (χ0v) is 13.2. The quantitative estimate of drug-likeness (QED) is 0.588. The minimum absolute atomic E-state index is 0.0625. The number of alkyl halides is 3. The van der Waals surface area contributed by atoms with Crippen LogP contribution in [0.15, 0.2) is 6.20 Å². The molecule has 1 heterocycles. The van der Waals surface area contributed by atoms with Gasteiger partial charge in [-0.3, -0.25) is 0 Å². The van der Waals surface area contributed by atoms with Gasteiger partial charge in [-0.25, -0.2) is 4.98 Å². The van der Waals surface area contributed by atoms with Crippen LogP contribution in [0.4, 0.5) is 13.2 Å². The molecule has 0 N–H and O–H groups in total. The van der Waals surface area contributed by atoms with Crippen molar-refractivity contribution in [3.63, 3.8) is 0 Å². The van der Waals surface area contributed by atoms with Crippen molar-refractivity contribution in [2.45, 2.75) is 31.9 Å². The Morgan fingerprint density at radius 3 is 2.45 bits per heavy atom. The second kappa shape index (κ2) is 6.62. The first-order valence-electron chi connectivity index (χ1n) is 5.92. The fourth-order valence-electron chi connectivity index (χ4n) is 1.15. The van der Waals surface area contributed by atoms with Gasteiger partial charge in [0.05, 0.1) is 12.8 Å². The standard InChI is InChI=1S/C11H16ClF3N2O2Si/c1-20(2,3)5-4-18-9-8(6-16-10(12)17-9)19-7-11(13,14)15/h6H,4-5,7H2,1-3H3. The lowest BCUT2D eigenvalue weighted by atomic mass is 10.5. The average molecular weight is 329 g/mol. The molecule has 0 aliphatic carbocycles. The van der Waals surface area contributed by atoms with Crippen LogP contribution in [0.5, 0.6) is 11.6 Å². The van der Waals surface area contributed by atoms with E-state index in [2.05, 4.69) is 34.3 Å². The molecule has 0 unspecified atom stereocenters. The Morgan fingerprint density at radius 1 is 1.25 bits per heavy atom. The normalized spacial score (nSPS) is 12.3. The first-order chi connectivity index (χ1) is 9.07. The summed E-state index contributed by atoms with van der Waals surface area (Å²) in [6, 6.07) is 0.841. The van der Waals surface area contributed by atoms with E-state index in [1.807, 2.05) is 0 Å². The molecule has 0 aliphatic rings. The zero-order chi connectivity index (χ0) is 15.4. The first kappa shape index (κ1) is 17.0. The minimum Gasteiger partial charge on any atom is -0.477 e. The summed E-state index contributed by atoms with van der Waals surface area (Å²) in [6.07, 6.45) is -3.36. The molecule has 0 aromatic carbocycles. The summed E-state index contributed by atoms with van der Waals surface area (Å²) in [5, 5.41) is -0.104. The monoisotopic (exact) mass is 328 g/mol. The third kappa shape index (κ3) is 6.95. The highest BCUT2D eigenvalue weighted by atomic mass is 35.5. The van der Waals surface area contributed by atoms with Gasteiger partial charge in [0.1, 0.15) is 0 Å². The SMILES string of the molecule is C[Si](C)(C)CCOc1nc(Cl)ncc1OCC(F)(F)F. The lowest BCUT2D eigenvalue weighted by molar-refractivity contribution is -0.153. The molecule has 0 radical (unpaired) electrons. The van der Waals surface area contributed by atoms with Crippen LogP contribution in [0.3, 0.4) is 0 Å². The van der Waals surface area contributed by atoms with Gasteiger partial charge in [0.15, 0.2) is 12.4 Å². The van der Waals surface area contributed by atoms with Crippen LogP contribution in [0, 0.1) is 0 Å². The van der Waals surface area contributed by atoms with Gasteiger partial charge >= 0.3 is 6.18 Å². The van der Waals surface area contributed by atoms with Crippen molar-refractivity contribution >= 4 is 19.7 Å². The number of hydrogen-bond acceptors (Lipinski definition) is 4. The highest BCUT2D eigenvalue weighted by molar-refractivity contribution is 6.76. The summed E-state index contributed by atoms with van der Waals surface area (Å²) in [5.41, 5.74) is 0. The molecule has 0 amide bonds. The van der Waals surface area contributed by atoms with Crippen molar-refractivity contribution in [3.05, 3.63) is 11.5 Å². The molecule has 0 bridgehead atoms. The number of halogens is 4. The Kier molecular flexibility index (Phi) is 5.64. The lowest BCUT2D eigenvalue weighted by Gasteiger charge is -2.17. The largest absolute Gasteiger partial charge is 0.477 e. The van der Waals surface area contributed by atoms with Crippen LogP contribution in [0.1, 0.15) is 0 Å². The lowest BCUT2D eigenvalue weighted by Crippen LogP contribution is -2.23. The highest BCUT2D eigenvalue weighted by Gasteiger charge is 2.29. The van der Waals surface area contributed by atoms with Gasteiger partial charge in [0.2, 0.25) is 5.28 Å². The summed E-state index contributed by atoms with van der Waals surface area (Å²) in [4.78, 5) is 7.34. The van der Waals surface area contributed by atoms with Crippen LogP contribution in [-0.4, -0.2) is 37.4 Å². The average Bonchev–Trinajstić information content (AvgIpc) is 2.25. The molecule has 1 aromatic heterocycles. The van der Waals surface area contributed by atoms with Gasteiger partial charge in [0, 0.05) is 8.07 Å². The predicted octanol–water partition coefficient (Wildman–Crippen LogP) is 3.79. The molecule has 1 rings (SSSR count). The molecular formula is C11H16ClF3N2O2Si. The number of hydrogen-bond donors (Lipinski definition) is 0. The van der Waals surface area contributed by atoms with Crippen molar-refractivity contribution in [2.24, 2.45) is 0 Å². The smallest absolute Gasteiger partial charge is 0.422 e. The summed E-state index contributed by atoms with van der Waals surface area (Å²) in [7, 11) is -1.31. The van der Waals surface area contributed by atoms with Gasteiger partial charge in [-0.2, -0.15) is 18.2 Å². The van der Waals surface area contributed by atoms with Crippen LogP contribution < -0.4 is 9.47 Å². The molecule has 0 aliphatic heterocycles. The van der Waals surface area contributed by atoms with E-state index in [1.165, 1.54) is 0 Å². The Morgan fingerprint density at radius 2 is 1.90 bits per heavy atom. The van der Waals surface area contributed by atoms with Crippen LogP contribution in [0.2, 0.25) is 31.0 Å². The fourth-order valence-corrected chi connectivity index (χ4v) is 1.99. The number of nitrogens with zero attached hydrogens (tertiary/aromatic N) is 2. The number of aromatic nitrogens is 2. The summed E-state index contributed by atoms with van der Waals surface area (Å²) >= 11 is 5.60. The topological polar surface area (TPSA) is 44.2 Å². The third-order valence-corrected chi connectivity index (χ3v) is 4.06. The Bertz CT molecular complexity index is 452. The molecular weight excluding hydrogens is 313 g/mol. The van der Waals surface area contributed by atoms with E-state index in [-0.39, 0.29) is 16.9 Å². The second-order valence-corrected chi connectivity index (χ2v) is 11.3. The Hall–Kier alpha value is -1.02. The zero-order valence-electron chi connectivity index (χ0n) is 11.4. The Balaban J connectivity index is 2.70. The maximum absolute atomic E-state index is 12.1. The predicted molar refractivity (Wildman–Crippen MR) is 72.2 cm³/mol. The van der Waals surface area contributed by atoms with Crippen molar-refractivity contribution < 1.29 is 22.6 Å². The molecule has 4 nitrogen and oxygen atoms in total. The van der Waals surface area contributed by atoms with Crippen molar-refractivity contribution in [2.75, 3.05) is 13.2 Å². The maximum Gasteiger partial charge on any atom is 0.422 e. The number of ether oxygens (including phenoxy) is 2. The molecule has 0 spiro atoms. The van der Waals surface area contributed by atoms with Crippen LogP contribution >= 0.6 is 11.6 Å². The van der Waals surface area contributed by atoms with Crippen LogP contribution in [0.25, 0.3) is 0 Å². The summed E-state index contributed by atoms with van der Waals surface area (Å²) < 4.78 is 46.4. The van der Waals surface area contributed by atoms with Crippen molar-refractivity contribution in [1.82, 2.24) is 9.97 Å². The highest BCUT2D eigenvalue weighted by Crippen LogP contribution is 2.27. The van der Waals surface area contributed by atoms with Crippen molar-refractivity contribution in [1.29, 1.82) is 0 Å². The molecule has 0 saturated carbocycles. The first-order valence-corrected chi connectivity index (χ1v) is 10.0. The minimum atomic E-state index is -4.44. The Labute approximate surface area is 121 Å². The van der Waals surface area contributed by atoms with E-state index >= 15 is 0 Å². The molecule has 0 atom stereocenters. The van der Waals surface area contributed by atoms with Gasteiger partial charge in [-0.05, 0) is 17.6 Å². The van der Waals surface area contributed by atoms with E-state index in [0.29, 0.717) is 6.61 Å². The van der Waals surface area contributed by atoms with Gasteiger partial charge in [-0.1, -0.05) is 19.6 Å². The van der Waals surface area contributed by atoms with E-state index in [1.54, 1.807) is 0 Å². The van der Waals surface area contributed by atoms with E-state index < -0.39 is 20.9 Å². The van der Waals surface area contributed by atoms with Crippen LogP contribution in [-0.2, 0) is 0 Å².